The average Bonchev–Trinajstić information content (AvgIpc) is 2.78. The molecule has 1 atom stereocenters. The molecule has 15 heavy (non-hydrogen) atoms. The maximum Gasteiger partial charge on any atom is 0.309 e. The van der Waals surface area contributed by atoms with Gasteiger partial charge in [-0.25, -0.2) is 0 Å². The number of aromatic nitrogens is 1. The molecule has 1 aromatic rings. The van der Waals surface area contributed by atoms with Gasteiger partial charge < -0.3 is 14.4 Å². The lowest BCUT2D eigenvalue weighted by Crippen LogP contribution is -2.17. The first-order chi connectivity index (χ1) is 7.25. The number of hydrogen-bond donors (Lipinski definition) is 1. The van der Waals surface area contributed by atoms with Crippen LogP contribution in [0.4, 0.5) is 0 Å². The Kier molecular flexibility index (Phi) is 3.06. The van der Waals surface area contributed by atoms with Crippen molar-refractivity contribution in [1.82, 2.24) is 4.57 Å². The van der Waals surface area contributed by atoms with E-state index in [9.17, 15) is 4.79 Å². The minimum atomic E-state index is -0.790. The summed E-state index contributed by atoms with van der Waals surface area (Å²) < 4.78 is 7.49. The van der Waals surface area contributed by atoms with Gasteiger partial charge in [-0.15, -0.1) is 0 Å². The fraction of sp³-hybridized carbons (Fsp3) is 0.545. The van der Waals surface area contributed by atoms with E-state index in [1.165, 1.54) is 0 Å². The van der Waals surface area contributed by atoms with Crippen LogP contribution in [0, 0.1) is 0 Å². The summed E-state index contributed by atoms with van der Waals surface area (Å²) in [7, 11) is 0. The molecule has 2 heterocycles. The first kappa shape index (κ1) is 10.2. The van der Waals surface area contributed by atoms with Gasteiger partial charge in [-0.2, -0.15) is 0 Å². The number of carboxylic acids is 1. The molecule has 1 unspecified atom stereocenters. The molecule has 2 rings (SSSR count). The monoisotopic (exact) mass is 209 g/mol. The van der Waals surface area contributed by atoms with Crippen LogP contribution in [0.15, 0.2) is 18.3 Å². The number of carbonyl (C=O) groups is 1. The summed E-state index contributed by atoms with van der Waals surface area (Å²) in [5.74, 6) is -0.790. The molecule has 1 aliphatic rings. The lowest BCUT2D eigenvalue weighted by atomic mass is 10.2. The maximum atomic E-state index is 10.6. The second-order valence-corrected chi connectivity index (χ2v) is 3.86. The molecule has 0 amide bonds. The van der Waals surface area contributed by atoms with Crippen molar-refractivity contribution in [1.29, 1.82) is 0 Å². The highest BCUT2D eigenvalue weighted by Gasteiger charge is 2.17. The Morgan fingerprint density at radius 2 is 2.53 bits per heavy atom. The molecule has 1 aliphatic heterocycles. The number of rotatable bonds is 4. The van der Waals surface area contributed by atoms with E-state index >= 15 is 0 Å². The third-order valence-electron chi connectivity index (χ3n) is 2.68. The Hall–Kier alpha value is -1.29. The van der Waals surface area contributed by atoms with Gasteiger partial charge in [-0.05, 0) is 25.0 Å². The summed E-state index contributed by atoms with van der Waals surface area (Å²) in [6.45, 7) is 1.61. The van der Waals surface area contributed by atoms with Gasteiger partial charge >= 0.3 is 5.97 Å². The van der Waals surface area contributed by atoms with Crippen molar-refractivity contribution in [3.8, 4) is 0 Å². The summed E-state index contributed by atoms with van der Waals surface area (Å²) in [5.41, 5.74) is 0.845. The molecule has 1 N–H and O–H groups in total. The lowest BCUT2D eigenvalue weighted by Gasteiger charge is -2.13. The molecule has 0 radical (unpaired) electrons. The van der Waals surface area contributed by atoms with Gasteiger partial charge in [0, 0.05) is 25.0 Å². The molecule has 4 heteroatoms. The molecular formula is C11H15NO3. The van der Waals surface area contributed by atoms with E-state index in [2.05, 4.69) is 0 Å². The van der Waals surface area contributed by atoms with Gasteiger partial charge in [0.15, 0.2) is 0 Å². The van der Waals surface area contributed by atoms with Crippen molar-refractivity contribution in [2.45, 2.75) is 31.9 Å². The van der Waals surface area contributed by atoms with Crippen LogP contribution in [0.25, 0.3) is 0 Å². The van der Waals surface area contributed by atoms with E-state index in [1.54, 1.807) is 0 Å². The van der Waals surface area contributed by atoms with Gasteiger partial charge in [0.1, 0.15) is 0 Å². The fourth-order valence-electron chi connectivity index (χ4n) is 1.95. The molecule has 82 valence electrons. The third-order valence-corrected chi connectivity index (χ3v) is 2.68. The number of ether oxygens (including phenoxy) is 1. The fourth-order valence-corrected chi connectivity index (χ4v) is 1.95. The summed E-state index contributed by atoms with van der Waals surface area (Å²) in [6, 6.07) is 3.73. The number of nitrogens with zero attached hydrogens (tertiary/aromatic N) is 1. The van der Waals surface area contributed by atoms with Crippen LogP contribution in [0.2, 0.25) is 0 Å². The second-order valence-electron chi connectivity index (χ2n) is 3.86. The van der Waals surface area contributed by atoms with Crippen LogP contribution >= 0.6 is 0 Å². The van der Waals surface area contributed by atoms with Crippen LogP contribution in [0.3, 0.4) is 0 Å². The second kappa shape index (κ2) is 4.49. The van der Waals surface area contributed by atoms with Crippen molar-refractivity contribution in [2.24, 2.45) is 0 Å². The topological polar surface area (TPSA) is 51.5 Å². The highest BCUT2D eigenvalue weighted by molar-refractivity contribution is 5.69. The molecular weight excluding hydrogens is 194 g/mol. The Bertz CT molecular complexity index is 339. The molecule has 0 bridgehead atoms. The summed E-state index contributed by atoms with van der Waals surface area (Å²) in [4.78, 5) is 10.6. The highest BCUT2D eigenvalue weighted by atomic mass is 16.5. The largest absolute Gasteiger partial charge is 0.481 e. The molecule has 1 fully saturated rings. The zero-order chi connectivity index (χ0) is 10.7. The number of hydrogen-bond acceptors (Lipinski definition) is 2. The zero-order valence-corrected chi connectivity index (χ0v) is 8.56. The lowest BCUT2D eigenvalue weighted by molar-refractivity contribution is -0.136. The summed E-state index contributed by atoms with van der Waals surface area (Å²) >= 11 is 0. The summed E-state index contributed by atoms with van der Waals surface area (Å²) in [6.07, 6.45) is 4.44. The quantitative estimate of drug-likeness (QED) is 0.813. The van der Waals surface area contributed by atoms with Gasteiger partial charge in [0.2, 0.25) is 0 Å². The maximum absolute atomic E-state index is 10.6. The normalized spacial score (nSPS) is 20.7. The van der Waals surface area contributed by atoms with Crippen molar-refractivity contribution < 1.29 is 14.6 Å². The molecule has 0 aromatic carbocycles. The van der Waals surface area contributed by atoms with Crippen LogP contribution < -0.4 is 0 Å². The molecule has 0 saturated carbocycles. The van der Waals surface area contributed by atoms with Gasteiger partial charge in [-0.1, -0.05) is 0 Å². The minimum Gasteiger partial charge on any atom is -0.481 e. The van der Waals surface area contributed by atoms with Crippen LogP contribution in [0.1, 0.15) is 18.5 Å². The van der Waals surface area contributed by atoms with Crippen LogP contribution in [-0.2, 0) is 22.5 Å². The van der Waals surface area contributed by atoms with Gasteiger partial charge in [0.05, 0.1) is 12.5 Å². The number of aliphatic carboxylic acids is 1. The Balaban J connectivity index is 2.00. The molecule has 1 aromatic heterocycles. The van der Waals surface area contributed by atoms with E-state index in [1.807, 2.05) is 22.9 Å². The van der Waals surface area contributed by atoms with E-state index in [0.29, 0.717) is 0 Å². The van der Waals surface area contributed by atoms with Crippen molar-refractivity contribution in [3.05, 3.63) is 24.0 Å². The first-order valence-corrected chi connectivity index (χ1v) is 5.23. The van der Waals surface area contributed by atoms with Crippen LogP contribution in [0.5, 0.6) is 0 Å². The Morgan fingerprint density at radius 3 is 3.20 bits per heavy atom. The van der Waals surface area contributed by atoms with Crippen molar-refractivity contribution >= 4 is 5.97 Å². The predicted molar refractivity (Wildman–Crippen MR) is 54.7 cm³/mol. The Morgan fingerprint density at radius 1 is 1.67 bits per heavy atom. The number of carboxylic acid groups (broad SMARTS) is 1. The highest BCUT2D eigenvalue weighted by Crippen LogP contribution is 2.15. The molecule has 0 spiro atoms. The van der Waals surface area contributed by atoms with Crippen LogP contribution in [-0.4, -0.2) is 28.4 Å². The standard InChI is InChI=1S/C11H15NO3/c13-11(14)7-9-3-1-5-12(9)8-10-4-2-6-15-10/h1,3,5,10H,2,4,6-8H2,(H,13,14). The Labute approximate surface area is 88.5 Å². The van der Waals surface area contributed by atoms with E-state index in [4.69, 9.17) is 9.84 Å². The first-order valence-electron chi connectivity index (χ1n) is 5.23. The zero-order valence-electron chi connectivity index (χ0n) is 8.56. The van der Waals surface area contributed by atoms with E-state index in [-0.39, 0.29) is 12.5 Å². The average molecular weight is 209 g/mol. The molecule has 0 aliphatic carbocycles. The summed E-state index contributed by atoms with van der Waals surface area (Å²) in [5, 5.41) is 8.73. The SMILES string of the molecule is O=C(O)Cc1cccn1CC1CCCO1. The van der Waals surface area contributed by atoms with E-state index < -0.39 is 5.97 Å². The predicted octanol–water partition coefficient (Wildman–Crippen LogP) is 1.29. The molecule has 1 saturated heterocycles. The van der Waals surface area contributed by atoms with Gasteiger partial charge in [-0.3, -0.25) is 4.79 Å². The third kappa shape index (κ3) is 2.59. The van der Waals surface area contributed by atoms with Gasteiger partial charge in [0.25, 0.3) is 0 Å². The van der Waals surface area contributed by atoms with E-state index in [0.717, 1.165) is 31.7 Å². The van der Waals surface area contributed by atoms with Crippen molar-refractivity contribution in [3.63, 3.8) is 0 Å². The molecule has 4 nitrogen and oxygen atoms in total. The minimum absolute atomic E-state index is 0.0831. The van der Waals surface area contributed by atoms with Crippen molar-refractivity contribution in [2.75, 3.05) is 6.61 Å². The smallest absolute Gasteiger partial charge is 0.309 e.